The van der Waals surface area contributed by atoms with Crippen LogP contribution in [0.3, 0.4) is 0 Å². The van der Waals surface area contributed by atoms with E-state index in [-0.39, 0.29) is 17.0 Å². The highest BCUT2D eigenvalue weighted by atomic mass is 19.4. The lowest BCUT2D eigenvalue weighted by molar-refractivity contribution is -0.385. The molecule has 1 atom stereocenters. The van der Waals surface area contributed by atoms with Gasteiger partial charge in [0.25, 0.3) is 11.6 Å². The Labute approximate surface area is 155 Å². The van der Waals surface area contributed by atoms with Crippen molar-refractivity contribution in [3.8, 4) is 0 Å². The van der Waals surface area contributed by atoms with Gasteiger partial charge in [0.15, 0.2) is 6.10 Å². The van der Waals surface area contributed by atoms with Crippen LogP contribution in [-0.4, -0.2) is 28.1 Å². The number of anilines is 1. The summed E-state index contributed by atoms with van der Waals surface area (Å²) in [5, 5.41) is 16.2. The summed E-state index contributed by atoms with van der Waals surface area (Å²) in [6.45, 7) is 4.09. The molecule has 2 aromatic rings. The standard InChI is InChI=1S/C16H14F3N3O6/c1-7-13(8(2)28-21-7)15(24)27-9(3)14(23)20-12-5-4-10(22(25)26)6-11(12)16(17,18)19/h4-6,9H,1-3H3,(H,20,23). The van der Waals surface area contributed by atoms with Gasteiger partial charge < -0.3 is 14.6 Å². The fourth-order valence-electron chi connectivity index (χ4n) is 2.27. The van der Waals surface area contributed by atoms with E-state index in [2.05, 4.69) is 5.16 Å². The second-order valence-electron chi connectivity index (χ2n) is 5.72. The Kier molecular flexibility index (Phi) is 5.71. The molecule has 1 N–H and O–H groups in total. The van der Waals surface area contributed by atoms with E-state index in [0.29, 0.717) is 6.07 Å². The summed E-state index contributed by atoms with van der Waals surface area (Å²) < 4.78 is 49.2. The molecular weight excluding hydrogens is 387 g/mol. The Bertz CT molecular complexity index is 919. The van der Waals surface area contributed by atoms with Crippen LogP contribution < -0.4 is 5.32 Å². The van der Waals surface area contributed by atoms with Crippen LogP contribution in [0.15, 0.2) is 22.7 Å². The van der Waals surface area contributed by atoms with E-state index in [1.54, 1.807) is 0 Å². The van der Waals surface area contributed by atoms with Gasteiger partial charge in [0.2, 0.25) is 0 Å². The van der Waals surface area contributed by atoms with E-state index >= 15 is 0 Å². The number of aromatic nitrogens is 1. The van der Waals surface area contributed by atoms with Gasteiger partial charge in [-0.15, -0.1) is 0 Å². The van der Waals surface area contributed by atoms with Crippen LogP contribution in [0.25, 0.3) is 0 Å². The van der Waals surface area contributed by atoms with Gasteiger partial charge in [-0.3, -0.25) is 14.9 Å². The molecule has 28 heavy (non-hydrogen) atoms. The maximum Gasteiger partial charge on any atom is 0.418 e. The number of ether oxygens (including phenoxy) is 1. The van der Waals surface area contributed by atoms with Crippen molar-refractivity contribution in [2.24, 2.45) is 0 Å². The van der Waals surface area contributed by atoms with E-state index in [9.17, 15) is 32.9 Å². The third-order valence-electron chi connectivity index (χ3n) is 3.67. The zero-order chi connectivity index (χ0) is 21.2. The second-order valence-corrected chi connectivity index (χ2v) is 5.72. The number of nitrogens with zero attached hydrogens (tertiary/aromatic N) is 2. The van der Waals surface area contributed by atoms with Crippen LogP contribution in [0.2, 0.25) is 0 Å². The van der Waals surface area contributed by atoms with E-state index in [1.165, 1.54) is 13.8 Å². The van der Waals surface area contributed by atoms with Crippen LogP contribution in [0.1, 0.15) is 34.3 Å². The van der Waals surface area contributed by atoms with Gasteiger partial charge in [-0.1, -0.05) is 5.16 Å². The smallest absolute Gasteiger partial charge is 0.418 e. The third-order valence-corrected chi connectivity index (χ3v) is 3.67. The fraction of sp³-hybridized carbons (Fsp3) is 0.312. The molecule has 9 nitrogen and oxygen atoms in total. The highest BCUT2D eigenvalue weighted by molar-refractivity contribution is 5.98. The van der Waals surface area contributed by atoms with E-state index in [1.807, 2.05) is 5.32 Å². The van der Waals surface area contributed by atoms with Crippen LogP contribution in [0.5, 0.6) is 0 Å². The topological polar surface area (TPSA) is 125 Å². The number of benzene rings is 1. The summed E-state index contributed by atoms with van der Waals surface area (Å²) in [6, 6.07) is 1.86. The maximum absolute atomic E-state index is 13.2. The molecule has 0 radical (unpaired) electrons. The molecule has 150 valence electrons. The average molecular weight is 401 g/mol. The van der Waals surface area contributed by atoms with Gasteiger partial charge in [-0.05, 0) is 26.8 Å². The third kappa shape index (κ3) is 4.45. The van der Waals surface area contributed by atoms with Crippen molar-refractivity contribution in [2.75, 3.05) is 5.32 Å². The predicted octanol–water partition coefficient (Wildman–Crippen LogP) is 3.40. The number of halogens is 3. The minimum atomic E-state index is -4.95. The number of hydrogen-bond donors (Lipinski definition) is 1. The summed E-state index contributed by atoms with van der Waals surface area (Å²) >= 11 is 0. The van der Waals surface area contributed by atoms with Gasteiger partial charge in [0.05, 0.1) is 21.9 Å². The summed E-state index contributed by atoms with van der Waals surface area (Å²) in [5.41, 5.74) is -2.67. The lowest BCUT2D eigenvalue weighted by Crippen LogP contribution is -2.31. The molecule has 1 aromatic carbocycles. The Hall–Kier alpha value is -3.44. The monoisotopic (exact) mass is 401 g/mol. The minimum absolute atomic E-state index is 0.00552. The van der Waals surface area contributed by atoms with Crippen molar-refractivity contribution in [3.05, 3.63) is 50.9 Å². The van der Waals surface area contributed by atoms with Crippen LogP contribution in [0, 0.1) is 24.0 Å². The molecule has 0 saturated heterocycles. The molecule has 0 aliphatic rings. The highest BCUT2D eigenvalue weighted by Gasteiger charge is 2.36. The summed E-state index contributed by atoms with van der Waals surface area (Å²) in [7, 11) is 0. The van der Waals surface area contributed by atoms with Crippen molar-refractivity contribution in [1.29, 1.82) is 0 Å². The molecule has 1 amide bonds. The predicted molar refractivity (Wildman–Crippen MR) is 87.6 cm³/mol. The Morgan fingerprint density at radius 2 is 1.96 bits per heavy atom. The number of alkyl halides is 3. The lowest BCUT2D eigenvalue weighted by Gasteiger charge is -2.16. The number of nitro groups is 1. The molecular formula is C16H14F3N3O6. The molecule has 0 aliphatic carbocycles. The largest absolute Gasteiger partial charge is 0.449 e. The number of aryl methyl sites for hydroxylation is 2. The molecule has 1 unspecified atom stereocenters. The van der Waals surface area contributed by atoms with Gasteiger partial charge >= 0.3 is 12.1 Å². The lowest BCUT2D eigenvalue weighted by atomic mass is 10.1. The number of carbonyl (C=O) groups excluding carboxylic acids is 2. The summed E-state index contributed by atoms with van der Waals surface area (Å²) in [5.74, 6) is -1.83. The molecule has 0 bridgehead atoms. The maximum atomic E-state index is 13.2. The number of non-ortho nitro benzene ring substituents is 1. The normalized spacial score (nSPS) is 12.4. The van der Waals surface area contributed by atoms with Crippen LogP contribution in [0.4, 0.5) is 24.5 Å². The molecule has 0 spiro atoms. The minimum Gasteiger partial charge on any atom is -0.449 e. The zero-order valence-electron chi connectivity index (χ0n) is 14.8. The molecule has 0 saturated carbocycles. The fourth-order valence-corrected chi connectivity index (χ4v) is 2.27. The summed E-state index contributed by atoms with van der Waals surface area (Å²) in [6.07, 6.45) is -6.41. The first kappa shape index (κ1) is 20.9. The Balaban J connectivity index is 2.20. The number of rotatable bonds is 5. The van der Waals surface area contributed by atoms with E-state index in [0.717, 1.165) is 19.1 Å². The number of nitro benzene ring substituents is 1. The second kappa shape index (κ2) is 7.66. The zero-order valence-corrected chi connectivity index (χ0v) is 14.8. The van der Waals surface area contributed by atoms with Crippen molar-refractivity contribution in [3.63, 3.8) is 0 Å². The SMILES string of the molecule is Cc1noc(C)c1C(=O)OC(C)C(=O)Nc1ccc([N+](=O)[O-])cc1C(F)(F)F. The van der Waals surface area contributed by atoms with Gasteiger partial charge in [-0.2, -0.15) is 13.2 Å². The van der Waals surface area contributed by atoms with Gasteiger partial charge in [-0.25, -0.2) is 4.79 Å². The van der Waals surface area contributed by atoms with Crippen LogP contribution >= 0.6 is 0 Å². The number of esters is 1. The number of carbonyl (C=O) groups is 2. The Morgan fingerprint density at radius 1 is 1.32 bits per heavy atom. The average Bonchev–Trinajstić information content (AvgIpc) is 2.92. The number of nitrogens with one attached hydrogen (secondary N) is 1. The van der Waals surface area contributed by atoms with Crippen LogP contribution in [-0.2, 0) is 15.7 Å². The molecule has 2 rings (SSSR count). The van der Waals surface area contributed by atoms with Crippen molar-refractivity contribution >= 4 is 23.3 Å². The molecule has 1 heterocycles. The van der Waals surface area contributed by atoms with E-state index in [4.69, 9.17) is 9.26 Å². The van der Waals surface area contributed by atoms with Crippen molar-refractivity contribution in [2.45, 2.75) is 33.1 Å². The first-order chi connectivity index (χ1) is 12.9. The summed E-state index contributed by atoms with van der Waals surface area (Å²) in [4.78, 5) is 34.0. The molecule has 12 heteroatoms. The number of amides is 1. The molecule has 0 fully saturated rings. The molecule has 1 aromatic heterocycles. The molecule has 0 aliphatic heterocycles. The first-order valence-corrected chi connectivity index (χ1v) is 7.72. The first-order valence-electron chi connectivity index (χ1n) is 7.72. The van der Waals surface area contributed by atoms with Gasteiger partial charge in [0, 0.05) is 12.1 Å². The van der Waals surface area contributed by atoms with Crippen molar-refractivity contribution in [1.82, 2.24) is 5.16 Å². The van der Waals surface area contributed by atoms with E-state index < -0.39 is 46.0 Å². The Morgan fingerprint density at radius 3 is 2.46 bits per heavy atom. The van der Waals surface area contributed by atoms with Crippen molar-refractivity contribution < 1.29 is 36.9 Å². The highest BCUT2D eigenvalue weighted by Crippen LogP contribution is 2.37. The number of hydrogen-bond acceptors (Lipinski definition) is 7. The quantitative estimate of drug-likeness (QED) is 0.462. The van der Waals surface area contributed by atoms with Gasteiger partial charge in [0.1, 0.15) is 11.3 Å².